The van der Waals surface area contributed by atoms with Gasteiger partial charge in [-0.15, -0.1) is 0 Å². The van der Waals surface area contributed by atoms with E-state index in [1.54, 1.807) is 12.1 Å². The molecular weight excluding hydrogens is 303 g/mol. The van der Waals surface area contributed by atoms with Crippen molar-refractivity contribution in [2.24, 2.45) is 0 Å². The molecule has 0 saturated heterocycles. The molecule has 116 valence electrons. The van der Waals surface area contributed by atoms with E-state index in [1.807, 2.05) is 38.2 Å². The van der Waals surface area contributed by atoms with Gasteiger partial charge in [-0.3, -0.25) is 4.79 Å². The van der Waals surface area contributed by atoms with Crippen LogP contribution in [0, 0.1) is 5.82 Å². The highest BCUT2D eigenvalue weighted by Gasteiger charge is 2.22. The van der Waals surface area contributed by atoms with Crippen molar-refractivity contribution in [1.29, 1.82) is 0 Å². The SMILES string of the molecule is C[C@H](C(=O)Nc1ccc(F)cc1)[NH+](C)Cc1cccc(Cl)c1. The standard InChI is InChI=1S/C17H18ClFN2O/c1-12(17(22)20-16-8-6-15(19)7-9-16)21(2)11-13-4-3-5-14(18)10-13/h3-10,12H,11H2,1-2H3,(H,20,22)/p+1/t12-/m1/s1. The summed E-state index contributed by atoms with van der Waals surface area (Å²) in [5, 5.41) is 3.48. The fourth-order valence-electron chi connectivity index (χ4n) is 2.13. The van der Waals surface area contributed by atoms with Crippen LogP contribution in [-0.2, 0) is 11.3 Å². The molecule has 1 amide bonds. The molecule has 0 aromatic heterocycles. The Morgan fingerprint density at radius 3 is 2.59 bits per heavy atom. The Bertz CT molecular complexity index is 645. The largest absolute Gasteiger partial charge is 0.324 e. The number of amides is 1. The summed E-state index contributed by atoms with van der Waals surface area (Å²) in [5.74, 6) is -0.430. The monoisotopic (exact) mass is 321 g/mol. The predicted molar refractivity (Wildman–Crippen MR) is 86.5 cm³/mol. The Labute approximate surface area is 134 Å². The molecule has 0 radical (unpaired) electrons. The van der Waals surface area contributed by atoms with E-state index in [1.165, 1.54) is 12.1 Å². The highest BCUT2D eigenvalue weighted by molar-refractivity contribution is 6.30. The number of carbonyl (C=O) groups excluding carboxylic acids is 1. The normalized spacial score (nSPS) is 13.5. The van der Waals surface area contributed by atoms with E-state index in [4.69, 9.17) is 11.6 Å². The number of rotatable bonds is 5. The van der Waals surface area contributed by atoms with Crippen molar-refractivity contribution in [3.8, 4) is 0 Å². The molecule has 2 N–H and O–H groups in total. The number of likely N-dealkylation sites (N-methyl/N-ethyl adjacent to an activating group) is 1. The number of hydrogen-bond donors (Lipinski definition) is 2. The van der Waals surface area contributed by atoms with E-state index in [-0.39, 0.29) is 17.8 Å². The molecule has 0 aliphatic carbocycles. The molecule has 0 bridgehead atoms. The van der Waals surface area contributed by atoms with Crippen LogP contribution in [0.5, 0.6) is 0 Å². The van der Waals surface area contributed by atoms with Gasteiger partial charge < -0.3 is 10.2 Å². The fraction of sp³-hybridized carbons (Fsp3) is 0.235. The van der Waals surface area contributed by atoms with Crippen LogP contribution in [0.4, 0.5) is 10.1 Å². The van der Waals surface area contributed by atoms with Gasteiger partial charge in [-0.05, 0) is 43.3 Å². The number of nitrogens with one attached hydrogen (secondary N) is 2. The molecule has 0 heterocycles. The Morgan fingerprint density at radius 1 is 1.27 bits per heavy atom. The molecule has 0 saturated carbocycles. The van der Waals surface area contributed by atoms with Gasteiger partial charge in [0.05, 0.1) is 7.05 Å². The van der Waals surface area contributed by atoms with Crippen LogP contribution in [0.3, 0.4) is 0 Å². The van der Waals surface area contributed by atoms with Gasteiger partial charge in [0.15, 0.2) is 6.04 Å². The summed E-state index contributed by atoms with van der Waals surface area (Å²) >= 11 is 5.97. The maximum absolute atomic E-state index is 12.9. The summed E-state index contributed by atoms with van der Waals surface area (Å²) in [6, 6.07) is 13.1. The first kappa shape index (κ1) is 16.5. The molecule has 3 nitrogen and oxygen atoms in total. The number of anilines is 1. The predicted octanol–water partition coefficient (Wildman–Crippen LogP) is 2.52. The Kier molecular flexibility index (Phi) is 5.52. The minimum atomic E-state index is -0.324. The minimum Gasteiger partial charge on any atom is -0.324 e. The Morgan fingerprint density at radius 2 is 1.95 bits per heavy atom. The van der Waals surface area contributed by atoms with E-state index < -0.39 is 0 Å². The van der Waals surface area contributed by atoms with Gasteiger partial charge >= 0.3 is 0 Å². The second-order valence-electron chi connectivity index (χ2n) is 5.37. The molecule has 2 rings (SSSR count). The van der Waals surface area contributed by atoms with Gasteiger partial charge in [0.2, 0.25) is 0 Å². The average Bonchev–Trinajstić information content (AvgIpc) is 2.48. The molecule has 22 heavy (non-hydrogen) atoms. The zero-order valence-electron chi connectivity index (χ0n) is 12.6. The lowest BCUT2D eigenvalue weighted by Crippen LogP contribution is -3.12. The van der Waals surface area contributed by atoms with Gasteiger partial charge in [-0.25, -0.2) is 4.39 Å². The van der Waals surface area contributed by atoms with Crippen LogP contribution in [0.15, 0.2) is 48.5 Å². The molecule has 2 aromatic rings. The quantitative estimate of drug-likeness (QED) is 0.872. The van der Waals surface area contributed by atoms with Gasteiger partial charge in [0.25, 0.3) is 5.91 Å². The van der Waals surface area contributed by atoms with Crippen molar-refractivity contribution in [3.05, 3.63) is 64.9 Å². The second kappa shape index (κ2) is 7.38. The molecule has 2 atom stereocenters. The maximum Gasteiger partial charge on any atom is 0.282 e. The lowest BCUT2D eigenvalue weighted by molar-refractivity contribution is -0.907. The molecule has 0 aliphatic rings. The molecule has 0 fully saturated rings. The van der Waals surface area contributed by atoms with E-state index in [2.05, 4.69) is 5.32 Å². The third kappa shape index (κ3) is 4.55. The molecule has 0 aliphatic heterocycles. The topological polar surface area (TPSA) is 33.5 Å². The summed E-state index contributed by atoms with van der Waals surface area (Å²) < 4.78 is 12.9. The van der Waals surface area contributed by atoms with Crippen molar-refractivity contribution in [2.75, 3.05) is 12.4 Å². The number of halogens is 2. The van der Waals surface area contributed by atoms with Crippen LogP contribution in [0.25, 0.3) is 0 Å². The lowest BCUT2D eigenvalue weighted by Gasteiger charge is -2.21. The summed E-state index contributed by atoms with van der Waals surface area (Å²) in [5.41, 5.74) is 1.67. The number of quaternary nitrogens is 1. The third-order valence-corrected chi connectivity index (χ3v) is 3.85. The van der Waals surface area contributed by atoms with E-state index in [9.17, 15) is 9.18 Å². The maximum atomic E-state index is 12.9. The van der Waals surface area contributed by atoms with Crippen molar-refractivity contribution < 1.29 is 14.1 Å². The fourth-order valence-corrected chi connectivity index (χ4v) is 2.34. The average molecular weight is 322 g/mol. The first-order valence-electron chi connectivity index (χ1n) is 7.09. The van der Waals surface area contributed by atoms with Gasteiger partial charge in [-0.1, -0.05) is 23.7 Å². The number of hydrogen-bond acceptors (Lipinski definition) is 1. The van der Waals surface area contributed by atoms with E-state index >= 15 is 0 Å². The van der Waals surface area contributed by atoms with E-state index in [0.717, 1.165) is 10.5 Å². The van der Waals surface area contributed by atoms with Crippen LogP contribution in [0.2, 0.25) is 5.02 Å². The lowest BCUT2D eigenvalue weighted by atomic mass is 10.2. The minimum absolute atomic E-state index is 0.105. The zero-order valence-corrected chi connectivity index (χ0v) is 13.3. The summed E-state index contributed by atoms with van der Waals surface area (Å²) in [4.78, 5) is 13.3. The van der Waals surface area contributed by atoms with Gasteiger partial charge in [0.1, 0.15) is 12.4 Å². The molecule has 2 aromatic carbocycles. The Hall–Kier alpha value is -1.91. The highest BCUT2D eigenvalue weighted by Crippen LogP contribution is 2.10. The van der Waals surface area contributed by atoms with Crippen LogP contribution < -0.4 is 10.2 Å². The highest BCUT2D eigenvalue weighted by atomic mass is 35.5. The van der Waals surface area contributed by atoms with Crippen molar-refractivity contribution in [2.45, 2.75) is 19.5 Å². The van der Waals surface area contributed by atoms with Crippen molar-refractivity contribution in [1.82, 2.24) is 0 Å². The van der Waals surface area contributed by atoms with E-state index in [0.29, 0.717) is 17.3 Å². The number of carbonyl (C=O) groups is 1. The summed E-state index contributed by atoms with van der Waals surface area (Å²) in [7, 11) is 1.95. The molecular formula is C17H19ClFN2O+. The van der Waals surface area contributed by atoms with Gasteiger partial charge in [0, 0.05) is 16.3 Å². The molecule has 0 spiro atoms. The first-order valence-corrected chi connectivity index (χ1v) is 7.46. The smallest absolute Gasteiger partial charge is 0.282 e. The van der Waals surface area contributed by atoms with Crippen molar-refractivity contribution >= 4 is 23.2 Å². The van der Waals surface area contributed by atoms with Crippen LogP contribution in [0.1, 0.15) is 12.5 Å². The molecule has 5 heteroatoms. The number of benzene rings is 2. The third-order valence-electron chi connectivity index (χ3n) is 3.62. The first-order chi connectivity index (χ1) is 10.5. The molecule has 1 unspecified atom stereocenters. The Balaban J connectivity index is 1.95. The summed E-state index contributed by atoms with van der Waals surface area (Å²) in [6.07, 6.45) is 0. The summed E-state index contributed by atoms with van der Waals surface area (Å²) in [6.45, 7) is 2.55. The van der Waals surface area contributed by atoms with Crippen LogP contribution in [-0.4, -0.2) is 19.0 Å². The zero-order chi connectivity index (χ0) is 16.1. The van der Waals surface area contributed by atoms with Gasteiger partial charge in [-0.2, -0.15) is 0 Å². The van der Waals surface area contributed by atoms with Crippen molar-refractivity contribution in [3.63, 3.8) is 0 Å². The second-order valence-corrected chi connectivity index (χ2v) is 5.81. The van der Waals surface area contributed by atoms with Crippen LogP contribution >= 0.6 is 11.6 Å².